The van der Waals surface area contributed by atoms with E-state index in [9.17, 15) is 9.59 Å². The van der Waals surface area contributed by atoms with Crippen molar-refractivity contribution in [1.29, 1.82) is 0 Å². The first-order valence-electron chi connectivity index (χ1n) is 4.35. The first-order valence-corrected chi connectivity index (χ1v) is 5.74. The Labute approximate surface area is 93.1 Å². The van der Waals surface area contributed by atoms with Crippen LogP contribution < -0.4 is 0 Å². The molecule has 0 atom stereocenters. The lowest BCUT2D eigenvalue weighted by atomic mass is 10.5. The van der Waals surface area contributed by atoms with E-state index in [0.29, 0.717) is 12.3 Å². The minimum Gasteiger partial charge on any atom is -0.480 e. The van der Waals surface area contributed by atoms with E-state index >= 15 is 0 Å². The fourth-order valence-corrected chi connectivity index (χ4v) is 1.22. The number of carbonyl (C=O) groups is 2. The predicted molar refractivity (Wildman–Crippen MR) is 59.1 cm³/mol. The van der Waals surface area contributed by atoms with Crippen LogP contribution in [0.15, 0.2) is 12.7 Å². The lowest BCUT2D eigenvalue weighted by molar-refractivity contribution is -0.137. The third-order valence-corrected chi connectivity index (χ3v) is 2.07. The molecule has 0 fully saturated rings. The van der Waals surface area contributed by atoms with E-state index in [2.05, 4.69) is 6.58 Å². The van der Waals surface area contributed by atoms with Gasteiger partial charge in [0.1, 0.15) is 13.2 Å². The summed E-state index contributed by atoms with van der Waals surface area (Å²) in [5.41, 5.74) is 0. The number of thioether (sulfide) groups is 1. The highest BCUT2D eigenvalue weighted by atomic mass is 32.2. The van der Waals surface area contributed by atoms with Crippen molar-refractivity contribution >= 4 is 23.8 Å². The molecule has 0 radical (unpaired) electrons. The molecule has 1 amide bonds. The molecule has 6 heteroatoms. The molecule has 0 aliphatic heterocycles. The van der Waals surface area contributed by atoms with Gasteiger partial charge in [0.25, 0.3) is 0 Å². The number of hydrogen-bond acceptors (Lipinski definition) is 4. The molecule has 1 N–H and O–H groups in total. The normalized spacial score (nSPS) is 9.40. The maximum atomic E-state index is 11.3. The molecule has 0 heterocycles. The van der Waals surface area contributed by atoms with Gasteiger partial charge in [-0.3, -0.25) is 9.69 Å². The Morgan fingerprint density at radius 2 is 2.27 bits per heavy atom. The summed E-state index contributed by atoms with van der Waals surface area (Å²) < 4.78 is 4.75. The van der Waals surface area contributed by atoms with Crippen molar-refractivity contribution < 1.29 is 19.4 Å². The smallest absolute Gasteiger partial charge is 0.410 e. The highest BCUT2D eigenvalue weighted by Gasteiger charge is 2.16. The van der Waals surface area contributed by atoms with Gasteiger partial charge >= 0.3 is 12.1 Å². The predicted octanol–water partition coefficient (Wildman–Crippen LogP) is 1.06. The maximum absolute atomic E-state index is 11.3. The molecule has 0 spiro atoms. The van der Waals surface area contributed by atoms with Crippen LogP contribution >= 0.6 is 11.8 Å². The fraction of sp³-hybridized carbons (Fsp3) is 0.556. The number of ether oxygens (including phenoxy) is 1. The van der Waals surface area contributed by atoms with Crippen molar-refractivity contribution in [3.8, 4) is 0 Å². The van der Waals surface area contributed by atoms with Crippen molar-refractivity contribution in [1.82, 2.24) is 4.90 Å². The van der Waals surface area contributed by atoms with Crippen LogP contribution in [0.4, 0.5) is 4.79 Å². The molecule has 0 aliphatic carbocycles. The zero-order chi connectivity index (χ0) is 11.7. The number of hydrogen-bond donors (Lipinski definition) is 1. The van der Waals surface area contributed by atoms with Crippen molar-refractivity contribution in [3.05, 3.63) is 12.7 Å². The molecule has 86 valence electrons. The number of amides is 1. The molecular formula is C9H15NO4S. The zero-order valence-electron chi connectivity index (χ0n) is 8.64. The van der Waals surface area contributed by atoms with Gasteiger partial charge in [0.05, 0.1) is 0 Å². The monoisotopic (exact) mass is 233 g/mol. The summed E-state index contributed by atoms with van der Waals surface area (Å²) in [4.78, 5) is 23.0. The minimum absolute atomic E-state index is 0.0915. The molecule has 0 aromatic heterocycles. The largest absolute Gasteiger partial charge is 0.480 e. The van der Waals surface area contributed by atoms with Crippen LogP contribution in [0.5, 0.6) is 0 Å². The van der Waals surface area contributed by atoms with E-state index in [1.54, 1.807) is 0 Å². The molecule has 0 rings (SSSR count). The van der Waals surface area contributed by atoms with E-state index < -0.39 is 12.1 Å². The number of rotatable bonds is 7. The quantitative estimate of drug-likeness (QED) is 0.666. The van der Waals surface area contributed by atoms with Gasteiger partial charge < -0.3 is 9.84 Å². The molecule has 0 bridgehead atoms. The Bertz CT molecular complexity index is 232. The number of carboxylic acids is 1. The average molecular weight is 233 g/mol. The number of nitrogens with zero attached hydrogens (tertiary/aromatic N) is 1. The SMILES string of the molecule is C=CCOC(=O)N(CCSC)CC(=O)O. The Morgan fingerprint density at radius 1 is 1.60 bits per heavy atom. The summed E-state index contributed by atoms with van der Waals surface area (Å²) >= 11 is 1.54. The second-order valence-corrected chi connectivity index (χ2v) is 3.66. The highest BCUT2D eigenvalue weighted by Crippen LogP contribution is 1.99. The molecule has 0 aromatic rings. The average Bonchev–Trinajstić information content (AvgIpc) is 2.20. The molecule has 0 saturated heterocycles. The number of aliphatic carboxylic acids is 1. The summed E-state index contributed by atoms with van der Waals surface area (Å²) in [5, 5.41) is 8.58. The van der Waals surface area contributed by atoms with Gasteiger partial charge in [0.15, 0.2) is 0 Å². The lowest BCUT2D eigenvalue weighted by Gasteiger charge is -2.19. The summed E-state index contributed by atoms with van der Waals surface area (Å²) in [5.74, 6) is -0.372. The Morgan fingerprint density at radius 3 is 2.73 bits per heavy atom. The van der Waals surface area contributed by atoms with E-state index in [0.717, 1.165) is 4.90 Å². The van der Waals surface area contributed by atoms with E-state index in [-0.39, 0.29) is 13.2 Å². The standard InChI is InChI=1S/C9H15NO4S/c1-3-5-14-9(13)10(4-6-15-2)7-8(11)12/h3H,1,4-7H2,2H3,(H,11,12). The van der Waals surface area contributed by atoms with Crippen LogP contribution in [-0.2, 0) is 9.53 Å². The summed E-state index contributed by atoms with van der Waals surface area (Å²) in [6, 6.07) is 0. The Hall–Kier alpha value is -1.17. The summed E-state index contributed by atoms with van der Waals surface area (Å²) in [6.45, 7) is 3.52. The molecule has 0 unspecified atom stereocenters. The van der Waals surface area contributed by atoms with Gasteiger partial charge in [-0.25, -0.2) is 4.79 Å². The van der Waals surface area contributed by atoms with Crippen molar-refractivity contribution in [2.24, 2.45) is 0 Å². The van der Waals surface area contributed by atoms with E-state index in [4.69, 9.17) is 9.84 Å². The third kappa shape index (κ3) is 6.84. The van der Waals surface area contributed by atoms with Crippen molar-refractivity contribution in [2.45, 2.75) is 0 Å². The molecular weight excluding hydrogens is 218 g/mol. The second kappa shape index (κ2) is 8.16. The number of carbonyl (C=O) groups excluding carboxylic acids is 1. The van der Waals surface area contributed by atoms with Gasteiger partial charge in [0.2, 0.25) is 0 Å². The number of carboxylic acid groups (broad SMARTS) is 1. The van der Waals surface area contributed by atoms with Crippen LogP contribution in [-0.4, -0.2) is 53.8 Å². The Balaban J connectivity index is 4.13. The van der Waals surface area contributed by atoms with E-state index in [1.165, 1.54) is 17.8 Å². The molecule has 15 heavy (non-hydrogen) atoms. The summed E-state index contributed by atoms with van der Waals surface area (Å²) in [6.07, 6.45) is 2.70. The summed E-state index contributed by atoms with van der Waals surface area (Å²) in [7, 11) is 0. The van der Waals surface area contributed by atoms with Crippen molar-refractivity contribution in [2.75, 3.05) is 31.7 Å². The van der Waals surface area contributed by atoms with Crippen LogP contribution in [0.3, 0.4) is 0 Å². The first kappa shape index (κ1) is 13.8. The first-order chi connectivity index (χ1) is 7.11. The lowest BCUT2D eigenvalue weighted by Crippen LogP contribution is -2.37. The van der Waals surface area contributed by atoms with Crippen molar-refractivity contribution in [3.63, 3.8) is 0 Å². The van der Waals surface area contributed by atoms with E-state index in [1.807, 2.05) is 6.26 Å². The highest BCUT2D eigenvalue weighted by molar-refractivity contribution is 7.98. The maximum Gasteiger partial charge on any atom is 0.410 e. The zero-order valence-corrected chi connectivity index (χ0v) is 9.46. The van der Waals surface area contributed by atoms with Crippen LogP contribution in [0.1, 0.15) is 0 Å². The van der Waals surface area contributed by atoms with Crippen LogP contribution in [0, 0.1) is 0 Å². The van der Waals surface area contributed by atoms with Gasteiger partial charge in [-0.1, -0.05) is 12.7 Å². The third-order valence-electron chi connectivity index (χ3n) is 1.47. The minimum atomic E-state index is -1.05. The van der Waals surface area contributed by atoms with Gasteiger partial charge in [-0.2, -0.15) is 11.8 Å². The molecule has 5 nitrogen and oxygen atoms in total. The molecule has 0 aromatic carbocycles. The van der Waals surface area contributed by atoms with Gasteiger partial charge in [-0.05, 0) is 6.26 Å². The van der Waals surface area contributed by atoms with Gasteiger partial charge in [0, 0.05) is 12.3 Å². The molecule has 0 saturated carbocycles. The van der Waals surface area contributed by atoms with Crippen LogP contribution in [0.25, 0.3) is 0 Å². The van der Waals surface area contributed by atoms with Gasteiger partial charge in [-0.15, -0.1) is 0 Å². The topological polar surface area (TPSA) is 66.8 Å². The Kier molecular flexibility index (Phi) is 7.53. The molecule has 0 aliphatic rings. The van der Waals surface area contributed by atoms with Crippen LogP contribution in [0.2, 0.25) is 0 Å². The fourth-order valence-electron chi connectivity index (χ4n) is 0.821. The second-order valence-electron chi connectivity index (χ2n) is 2.67.